The zero-order valence-electron chi connectivity index (χ0n) is 16.7. The van der Waals surface area contributed by atoms with Gasteiger partial charge in [0.25, 0.3) is 0 Å². The number of hydrogen-bond donors (Lipinski definition) is 3. The molecule has 2 aromatic rings. The molecule has 0 atom stereocenters. The summed E-state index contributed by atoms with van der Waals surface area (Å²) in [5.74, 6) is 2.30. The highest BCUT2D eigenvalue weighted by molar-refractivity contribution is 6.07. The molecule has 3 N–H and O–H groups in total. The van der Waals surface area contributed by atoms with E-state index in [2.05, 4.69) is 22.5 Å². The molecule has 1 fully saturated rings. The van der Waals surface area contributed by atoms with Gasteiger partial charge < -0.3 is 25.7 Å². The number of nitrogens with one attached hydrogen (secondary N) is 3. The zero-order chi connectivity index (χ0) is 19.9. The molecular formula is C21H28N6O. The third-order valence-electron chi connectivity index (χ3n) is 4.56. The molecule has 1 saturated heterocycles. The van der Waals surface area contributed by atoms with E-state index in [9.17, 15) is 0 Å². The summed E-state index contributed by atoms with van der Waals surface area (Å²) in [7, 11) is 1.89. The van der Waals surface area contributed by atoms with Gasteiger partial charge in [-0.2, -0.15) is 0 Å². The summed E-state index contributed by atoms with van der Waals surface area (Å²) < 4.78 is 5.50. The van der Waals surface area contributed by atoms with Crippen LogP contribution in [0.15, 0.2) is 36.4 Å². The number of benzene rings is 1. The molecule has 2 heterocycles. The van der Waals surface area contributed by atoms with Gasteiger partial charge >= 0.3 is 0 Å². The summed E-state index contributed by atoms with van der Waals surface area (Å²) >= 11 is 0. The molecule has 0 radical (unpaired) electrons. The van der Waals surface area contributed by atoms with Crippen molar-refractivity contribution in [3.8, 4) is 11.4 Å². The number of ether oxygens (including phenoxy) is 1. The van der Waals surface area contributed by atoms with Crippen LogP contribution in [-0.4, -0.2) is 55.6 Å². The minimum absolute atomic E-state index is 0.469. The van der Waals surface area contributed by atoms with Crippen LogP contribution in [0.4, 0.5) is 17.3 Å². The van der Waals surface area contributed by atoms with Crippen molar-refractivity contribution in [1.82, 2.24) is 9.97 Å². The fraction of sp³-hybridized carbons (Fsp3) is 0.381. The highest BCUT2D eigenvalue weighted by Crippen LogP contribution is 2.33. The Bertz CT molecular complexity index is 858. The van der Waals surface area contributed by atoms with Crippen molar-refractivity contribution in [3.63, 3.8) is 0 Å². The van der Waals surface area contributed by atoms with Gasteiger partial charge in [-0.1, -0.05) is 24.3 Å². The lowest BCUT2D eigenvalue weighted by Crippen LogP contribution is -2.37. The number of hydrogen-bond acceptors (Lipinski definition) is 7. The number of rotatable bonds is 7. The molecule has 7 heteroatoms. The molecular weight excluding hydrogens is 352 g/mol. The first-order valence-electron chi connectivity index (χ1n) is 9.66. The van der Waals surface area contributed by atoms with Crippen LogP contribution in [0.2, 0.25) is 0 Å². The second-order valence-corrected chi connectivity index (χ2v) is 6.47. The second kappa shape index (κ2) is 9.32. The van der Waals surface area contributed by atoms with Crippen molar-refractivity contribution >= 4 is 23.0 Å². The monoisotopic (exact) mass is 380 g/mol. The van der Waals surface area contributed by atoms with Crippen molar-refractivity contribution in [2.75, 3.05) is 55.4 Å². The van der Waals surface area contributed by atoms with E-state index in [0.29, 0.717) is 24.7 Å². The minimum atomic E-state index is 0.469. The van der Waals surface area contributed by atoms with Crippen LogP contribution in [-0.2, 0) is 4.74 Å². The third-order valence-corrected chi connectivity index (χ3v) is 4.56. The Kier molecular flexibility index (Phi) is 6.60. The number of nitrogens with zero attached hydrogens (tertiary/aromatic N) is 3. The van der Waals surface area contributed by atoms with Crippen LogP contribution >= 0.6 is 0 Å². The van der Waals surface area contributed by atoms with Crippen molar-refractivity contribution < 1.29 is 4.74 Å². The molecule has 3 rings (SSSR count). The first-order valence-corrected chi connectivity index (χ1v) is 9.66. The number of anilines is 3. The summed E-state index contributed by atoms with van der Waals surface area (Å²) in [5.41, 5.74) is 3.10. The number of morpholine rings is 1. The van der Waals surface area contributed by atoms with E-state index in [1.54, 1.807) is 6.08 Å². The maximum absolute atomic E-state index is 8.19. The van der Waals surface area contributed by atoms with Gasteiger partial charge in [0.15, 0.2) is 17.5 Å². The Morgan fingerprint density at radius 2 is 2.07 bits per heavy atom. The second-order valence-electron chi connectivity index (χ2n) is 6.47. The molecule has 7 nitrogen and oxygen atoms in total. The summed E-state index contributed by atoms with van der Waals surface area (Å²) in [6.45, 7) is 7.69. The lowest BCUT2D eigenvalue weighted by Gasteiger charge is -2.30. The van der Waals surface area contributed by atoms with E-state index in [1.807, 2.05) is 44.3 Å². The topological polar surface area (TPSA) is 86.2 Å². The van der Waals surface area contributed by atoms with Crippen LogP contribution in [0.1, 0.15) is 19.4 Å². The molecule has 0 bridgehead atoms. The SMILES string of the molecule is C/C=C\C(=N)c1cccc(-c2nc(NCC)c(NC)c(N3CCOCC3)n2)c1. The molecule has 0 amide bonds. The first-order chi connectivity index (χ1) is 13.7. The van der Waals surface area contributed by atoms with Gasteiger partial charge in [-0.3, -0.25) is 0 Å². The molecule has 0 saturated carbocycles. The number of aromatic nitrogens is 2. The van der Waals surface area contributed by atoms with Gasteiger partial charge in [-0.25, -0.2) is 9.97 Å². The van der Waals surface area contributed by atoms with Crippen LogP contribution < -0.4 is 15.5 Å². The van der Waals surface area contributed by atoms with Crippen molar-refractivity contribution in [3.05, 3.63) is 42.0 Å². The van der Waals surface area contributed by atoms with E-state index in [-0.39, 0.29) is 0 Å². The maximum Gasteiger partial charge on any atom is 0.164 e. The average Bonchev–Trinajstić information content (AvgIpc) is 2.74. The molecule has 1 aromatic carbocycles. The quantitative estimate of drug-likeness (QED) is 0.638. The molecule has 148 valence electrons. The molecule has 0 spiro atoms. The molecule has 28 heavy (non-hydrogen) atoms. The predicted molar refractivity (Wildman–Crippen MR) is 116 cm³/mol. The third kappa shape index (κ3) is 4.31. The van der Waals surface area contributed by atoms with Gasteiger partial charge in [-0.15, -0.1) is 0 Å². The standard InChI is InChI=1S/C21H28N6O/c1-4-7-17(22)15-8-6-9-16(14-15)19-25-20(24-5-2)18(23-3)21(26-19)27-10-12-28-13-11-27/h4,6-9,14,22-23H,5,10-13H2,1-3H3,(H,24,25,26)/b7-4-,22-17?. The average molecular weight is 380 g/mol. The van der Waals surface area contributed by atoms with Crippen LogP contribution in [0.25, 0.3) is 11.4 Å². The van der Waals surface area contributed by atoms with Crippen LogP contribution in [0.3, 0.4) is 0 Å². The van der Waals surface area contributed by atoms with Gasteiger partial charge in [-0.05, 0) is 26.0 Å². The highest BCUT2D eigenvalue weighted by Gasteiger charge is 2.21. The van der Waals surface area contributed by atoms with Crippen molar-refractivity contribution in [1.29, 1.82) is 5.41 Å². The van der Waals surface area contributed by atoms with Gasteiger partial charge in [0.1, 0.15) is 5.69 Å². The Labute approximate surface area is 166 Å². The normalized spacial score (nSPS) is 14.3. The van der Waals surface area contributed by atoms with Gasteiger partial charge in [0.05, 0.1) is 18.9 Å². The Morgan fingerprint density at radius 3 is 2.75 bits per heavy atom. The predicted octanol–water partition coefficient (Wildman–Crippen LogP) is 3.40. The van der Waals surface area contributed by atoms with Crippen LogP contribution in [0, 0.1) is 5.41 Å². The summed E-state index contributed by atoms with van der Waals surface area (Å²) in [6.07, 6.45) is 3.65. The van der Waals surface area contributed by atoms with E-state index in [1.165, 1.54) is 0 Å². The zero-order valence-corrected chi connectivity index (χ0v) is 16.7. The maximum atomic E-state index is 8.19. The Hall–Kier alpha value is -2.93. The Morgan fingerprint density at radius 1 is 1.29 bits per heavy atom. The summed E-state index contributed by atoms with van der Waals surface area (Å²) in [5, 5.41) is 14.8. The summed E-state index contributed by atoms with van der Waals surface area (Å²) in [6, 6.07) is 7.83. The minimum Gasteiger partial charge on any atom is -0.382 e. The van der Waals surface area contributed by atoms with Crippen molar-refractivity contribution in [2.24, 2.45) is 0 Å². The van der Waals surface area contributed by atoms with Gasteiger partial charge in [0.2, 0.25) is 0 Å². The van der Waals surface area contributed by atoms with Crippen LogP contribution in [0.5, 0.6) is 0 Å². The Balaban J connectivity index is 2.09. The smallest absolute Gasteiger partial charge is 0.164 e. The molecule has 0 aliphatic carbocycles. The molecule has 0 unspecified atom stereocenters. The molecule has 1 aromatic heterocycles. The highest BCUT2D eigenvalue weighted by atomic mass is 16.5. The fourth-order valence-electron chi connectivity index (χ4n) is 3.20. The first kappa shape index (κ1) is 19.8. The van der Waals surface area contributed by atoms with E-state index >= 15 is 0 Å². The largest absolute Gasteiger partial charge is 0.382 e. The fourth-order valence-corrected chi connectivity index (χ4v) is 3.20. The lowest BCUT2D eigenvalue weighted by atomic mass is 10.1. The van der Waals surface area contributed by atoms with Crippen molar-refractivity contribution in [2.45, 2.75) is 13.8 Å². The van der Waals surface area contributed by atoms with Gasteiger partial charge in [0, 0.05) is 37.8 Å². The lowest BCUT2D eigenvalue weighted by molar-refractivity contribution is 0.122. The molecule has 1 aliphatic rings. The number of allylic oxidation sites excluding steroid dienone is 2. The van der Waals surface area contributed by atoms with E-state index < -0.39 is 0 Å². The summed E-state index contributed by atoms with van der Waals surface area (Å²) in [4.78, 5) is 11.9. The van der Waals surface area contributed by atoms with E-state index in [4.69, 9.17) is 20.1 Å². The molecule has 1 aliphatic heterocycles. The van der Waals surface area contributed by atoms with E-state index in [0.717, 1.165) is 48.1 Å².